The Bertz CT molecular complexity index is 700. The number of carbonyl (C=O) groups excluding carboxylic acids is 1. The van der Waals surface area contributed by atoms with Crippen molar-refractivity contribution in [3.63, 3.8) is 0 Å². The fourth-order valence-electron chi connectivity index (χ4n) is 3.01. The molecule has 3 rings (SSSR count). The van der Waals surface area contributed by atoms with Gasteiger partial charge in [-0.3, -0.25) is 9.69 Å². The second-order valence-electron chi connectivity index (χ2n) is 6.26. The molecular weight excluding hydrogens is 330 g/mol. The molecule has 138 valence electrons. The second kappa shape index (κ2) is 9.10. The van der Waals surface area contributed by atoms with E-state index in [0.717, 1.165) is 37.6 Å². The highest BCUT2D eigenvalue weighted by molar-refractivity contribution is 5.78. The number of carbonyl (C=O) groups is 1. The van der Waals surface area contributed by atoms with Crippen molar-refractivity contribution in [3.05, 3.63) is 54.6 Å². The van der Waals surface area contributed by atoms with E-state index in [1.165, 1.54) is 0 Å². The van der Waals surface area contributed by atoms with Gasteiger partial charge >= 0.3 is 0 Å². The number of hydrogen-bond donors (Lipinski definition) is 2. The minimum absolute atomic E-state index is 0.0117. The third-order valence-corrected chi connectivity index (χ3v) is 4.40. The lowest BCUT2D eigenvalue weighted by molar-refractivity contribution is -0.122. The first-order valence-electron chi connectivity index (χ1n) is 8.92. The minimum Gasteiger partial charge on any atom is -0.506 e. The van der Waals surface area contributed by atoms with Crippen molar-refractivity contribution < 1.29 is 14.6 Å². The van der Waals surface area contributed by atoms with Crippen molar-refractivity contribution in [2.24, 2.45) is 0 Å². The van der Waals surface area contributed by atoms with Crippen LogP contribution in [-0.2, 0) is 4.79 Å². The Hall–Kier alpha value is -2.73. The van der Waals surface area contributed by atoms with Crippen LogP contribution in [0.25, 0.3) is 0 Å². The van der Waals surface area contributed by atoms with Crippen LogP contribution in [0.2, 0.25) is 0 Å². The topological polar surface area (TPSA) is 65.0 Å². The molecule has 0 unspecified atom stereocenters. The van der Waals surface area contributed by atoms with Gasteiger partial charge in [-0.15, -0.1) is 0 Å². The molecule has 0 aliphatic carbocycles. The Balaban J connectivity index is 1.34. The van der Waals surface area contributed by atoms with Crippen molar-refractivity contribution in [1.82, 2.24) is 10.2 Å². The maximum atomic E-state index is 12.1. The predicted molar refractivity (Wildman–Crippen MR) is 102 cm³/mol. The highest BCUT2D eigenvalue weighted by Crippen LogP contribution is 2.27. The molecule has 2 N–H and O–H groups in total. The van der Waals surface area contributed by atoms with Gasteiger partial charge < -0.3 is 20.1 Å². The van der Waals surface area contributed by atoms with Gasteiger partial charge in [0.2, 0.25) is 5.91 Å². The number of nitrogens with zero attached hydrogens (tertiary/aromatic N) is 2. The van der Waals surface area contributed by atoms with Gasteiger partial charge in [-0.05, 0) is 24.3 Å². The summed E-state index contributed by atoms with van der Waals surface area (Å²) in [4.78, 5) is 16.3. The molecule has 6 heteroatoms. The van der Waals surface area contributed by atoms with Crippen molar-refractivity contribution in [1.29, 1.82) is 0 Å². The van der Waals surface area contributed by atoms with Gasteiger partial charge in [0, 0.05) is 26.2 Å². The minimum atomic E-state index is 0.0117. The molecule has 1 fully saturated rings. The van der Waals surface area contributed by atoms with Crippen LogP contribution in [0.5, 0.6) is 11.5 Å². The van der Waals surface area contributed by atoms with Crippen molar-refractivity contribution in [2.45, 2.75) is 0 Å². The number of rotatable bonds is 7. The molecule has 2 aromatic rings. The Morgan fingerprint density at radius 2 is 1.69 bits per heavy atom. The van der Waals surface area contributed by atoms with E-state index in [9.17, 15) is 9.90 Å². The van der Waals surface area contributed by atoms with Crippen LogP contribution in [0, 0.1) is 0 Å². The Morgan fingerprint density at radius 1 is 1.00 bits per heavy atom. The summed E-state index contributed by atoms with van der Waals surface area (Å²) < 4.78 is 5.56. The summed E-state index contributed by atoms with van der Waals surface area (Å²) in [5, 5.41) is 12.8. The second-order valence-corrected chi connectivity index (χ2v) is 6.26. The Morgan fingerprint density at radius 3 is 2.42 bits per heavy atom. The summed E-state index contributed by atoms with van der Waals surface area (Å²) in [6.07, 6.45) is 0. The zero-order valence-corrected chi connectivity index (χ0v) is 14.8. The number of phenols is 1. The molecule has 1 saturated heterocycles. The standard InChI is InChI=1S/C20H25N3O3/c24-19-9-5-4-8-18(19)23-13-11-22(12-14-23)16-20(25)21-10-15-26-17-6-2-1-3-7-17/h1-9,24H,10-16H2,(H,21,25). The molecule has 0 radical (unpaired) electrons. The number of piperazine rings is 1. The van der Waals surface area contributed by atoms with Crippen molar-refractivity contribution >= 4 is 11.6 Å². The maximum Gasteiger partial charge on any atom is 0.234 e. The summed E-state index contributed by atoms with van der Waals surface area (Å²) in [6, 6.07) is 16.9. The summed E-state index contributed by atoms with van der Waals surface area (Å²) in [6.45, 7) is 4.51. The summed E-state index contributed by atoms with van der Waals surface area (Å²) in [5.41, 5.74) is 0.856. The number of amides is 1. The van der Waals surface area contributed by atoms with E-state index in [2.05, 4.69) is 15.1 Å². The molecule has 2 aromatic carbocycles. The first-order chi connectivity index (χ1) is 12.7. The molecule has 26 heavy (non-hydrogen) atoms. The summed E-state index contributed by atoms with van der Waals surface area (Å²) >= 11 is 0. The average Bonchev–Trinajstić information content (AvgIpc) is 2.67. The van der Waals surface area contributed by atoms with E-state index >= 15 is 0 Å². The molecule has 0 atom stereocenters. The lowest BCUT2D eigenvalue weighted by atomic mass is 10.2. The average molecular weight is 355 g/mol. The number of nitrogens with one attached hydrogen (secondary N) is 1. The largest absolute Gasteiger partial charge is 0.506 e. The van der Waals surface area contributed by atoms with E-state index in [-0.39, 0.29) is 5.91 Å². The number of ether oxygens (including phenoxy) is 1. The van der Waals surface area contributed by atoms with E-state index in [4.69, 9.17) is 4.74 Å². The lowest BCUT2D eigenvalue weighted by Crippen LogP contribution is -2.49. The summed E-state index contributed by atoms with van der Waals surface area (Å²) in [7, 11) is 0. The van der Waals surface area contributed by atoms with Crippen LogP contribution in [0.1, 0.15) is 0 Å². The van der Waals surface area contributed by atoms with Gasteiger partial charge in [-0.1, -0.05) is 30.3 Å². The van der Waals surface area contributed by atoms with Gasteiger partial charge in [0.05, 0.1) is 18.8 Å². The van der Waals surface area contributed by atoms with Crippen LogP contribution in [-0.4, -0.2) is 61.8 Å². The van der Waals surface area contributed by atoms with Gasteiger partial charge in [0.1, 0.15) is 18.1 Å². The molecule has 1 aliphatic heterocycles. The predicted octanol–water partition coefficient (Wildman–Crippen LogP) is 1.71. The quantitative estimate of drug-likeness (QED) is 0.741. The molecule has 0 spiro atoms. The number of aromatic hydroxyl groups is 1. The number of hydrogen-bond acceptors (Lipinski definition) is 5. The molecule has 6 nitrogen and oxygen atoms in total. The molecule has 1 heterocycles. The van der Waals surface area contributed by atoms with E-state index in [1.807, 2.05) is 48.5 Å². The third-order valence-electron chi connectivity index (χ3n) is 4.40. The number of benzene rings is 2. The van der Waals surface area contributed by atoms with Gasteiger partial charge in [-0.2, -0.15) is 0 Å². The Kier molecular flexibility index (Phi) is 6.33. The normalized spacial score (nSPS) is 14.8. The van der Waals surface area contributed by atoms with Crippen LogP contribution in [0.4, 0.5) is 5.69 Å². The highest BCUT2D eigenvalue weighted by atomic mass is 16.5. The number of phenolic OH excluding ortho intramolecular Hbond substituents is 1. The van der Waals surface area contributed by atoms with Crippen LogP contribution in [0.15, 0.2) is 54.6 Å². The Labute approximate surface area is 154 Å². The van der Waals surface area contributed by atoms with Crippen LogP contribution < -0.4 is 15.0 Å². The van der Waals surface area contributed by atoms with Gasteiger partial charge in [0.15, 0.2) is 0 Å². The number of para-hydroxylation sites is 3. The number of anilines is 1. The van der Waals surface area contributed by atoms with Gasteiger partial charge in [0.25, 0.3) is 0 Å². The first-order valence-corrected chi connectivity index (χ1v) is 8.92. The van der Waals surface area contributed by atoms with Crippen LogP contribution >= 0.6 is 0 Å². The van der Waals surface area contributed by atoms with E-state index in [0.29, 0.717) is 25.4 Å². The van der Waals surface area contributed by atoms with Crippen molar-refractivity contribution in [2.75, 3.05) is 50.8 Å². The zero-order chi connectivity index (χ0) is 18.2. The molecule has 0 saturated carbocycles. The first kappa shape index (κ1) is 18.1. The molecule has 1 aliphatic rings. The molecular formula is C20H25N3O3. The van der Waals surface area contributed by atoms with E-state index < -0.39 is 0 Å². The third kappa shape index (κ3) is 5.13. The lowest BCUT2D eigenvalue weighted by Gasteiger charge is -2.35. The monoisotopic (exact) mass is 355 g/mol. The smallest absolute Gasteiger partial charge is 0.234 e. The fraction of sp³-hybridized carbons (Fsp3) is 0.350. The summed E-state index contributed by atoms with van der Waals surface area (Å²) in [5.74, 6) is 1.12. The van der Waals surface area contributed by atoms with Gasteiger partial charge in [-0.25, -0.2) is 0 Å². The highest BCUT2D eigenvalue weighted by Gasteiger charge is 2.20. The maximum absolute atomic E-state index is 12.1. The molecule has 1 amide bonds. The van der Waals surface area contributed by atoms with E-state index in [1.54, 1.807) is 6.07 Å². The van der Waals surface area contributed by atoms with Crippen LogP contribution in [0.3, 0.4) is 0 Å². The molecule has 0 bridgehead atoms. The molecule has 0 aromatic heterocycles. The zero-order valence-electron chi connectivity index (χ0n) is 14.8. The SMILES string of the molecule is O=C(CN1CCN(c2ccccc2O)CC1)NCCOc1ccccc1. The van der Waals surface area contributed by atoms with Crippen molar-refractivity contribution in [3.8, 4) is 11.5 Å². The fourth-order valence-corrected chi connectivity index (χ4v) is 3.01.